The van der Waals surface area contributed by atoms with Crippen LogP contribution in [0.25, 0.3) is 0 Å². The van der Waals surface area contributed by atoms with Gasteiger partial charge in [0.2, 0.25) is 0 Å². The molecule has 3 rings (SSSR count). The summed E-state index contributed by atoms with van der Waals surface area (Å²) in [4.78, 5) is 21.0. The van der Waals surface area contributed by atoms with Gasteiger partial charge in [-0.15, -0.1) is 11.3 Å². The van der Waals surface area contributed by atoms with Crippen molar-refractivity contribution in [2.45, 2.75) is 33.2 Å². The first-order chi connectivity index (χ1) is 8.99. The van der Waals surface area contributed by atoms with Gasteiger partial charge >= 0.3 is 0 Å². The first-order valence-electron chi connectivity index (χ1n) is 6.95. The number of aryl methyl sites for hydroxylation is 1. The van der Waals surface area contributed by atoms with Crippen LogP contribution in [0.2, 0.25) is 0 Å². The van der Waals surface area contributed by atoms with Crippen LogP contribution in [0, 0.1) is 12.3 Å². The molecule has 19 heavy (non-hydrogen) atoms. The Labute approximate surface area is 118 Å². The van der Waals surface area contributed by atoms with Gasteiger partial charge in [-0.2, -0.15) is 0 Å². The van der Waals surface area contributed by atoms with E-state index in [4.69, 9.17) is 0 Å². The third kappa shape index (κ3) is 2.30. The van der Waals surface area contributed by atoms with Crippen LogP contribution >= 0.6 is 11.3 Å². The molecule has 0 aliphatic carbocycles. The summed E-state index contributed by atoms with van der Waals surface area (Å²) in [6, 6.07) is 0.616. The Kier molecular flexibility index (Phi) is 3.14. The minimum absolute atomic E-state index is 0.109. The molecule has 0 aromatic carbocycles. The van der Waals surface area contributed by atoms with Crippen LogP contribution in [0.3, 0.4) is 0 Å². The summed E-state index contributed by atoms with van der Waals surface area (Å²) in [6.07, 6.45) is 1.23. The number of hydrogen-bond donors (Lipinski definition) is 0. The van der Waals surface area contributed by atoms with Crippen LogP contribution in [0.4, 0.5) is 0 Å². The average molecular weight is 279 g/mol. The molecule has 1 spiro atoms. The van der Waals surface area contributed by atoms with Crippen molar-refractivity contribution in [2.75, 3.05) is 26.2 Å². The van der Waals surface area contributed by atoms with E-state index in [1.54, 1.807) is 11.3 Å². The van der Waals surface area contributed by atoms with Crippen molar-refractivity contribution in [3.8, 4) is 0 Å². The minimum atomic E-state index is 0.109. The lowest BCUT2D eigenvalue weighted by Crippen LogP contribution is -2.59. The second-order valence-electron chi connectivity index (χ2n) is 6.23. The number of rotatable bonds is 2. The molecule has 4 nitrogen and oxygen atoms in total. The van der Waals surface area contributed by atoms with Crippen molar-refractivity contribution < 1.29 is 4.79 Å². The zero-order chi connectivity index (χ0) is 13.6. The Morgan fingerprint density at radius 1 is 1.42 bits per heavy atom. The maximum absolute atomic E-state index is 12.3. The van der Waals surface area contributed by atoms with E-state index in [-0.39, 0.29) is 5.91 Å². The Morgan fingerprint density at radius 2 is 2.16 bits per heavy atom. The van der Waals surface area contributed by atoms with Crippen LogP contribution in [0.1, 0.15) is 35.8 Å². The number of hydrogen-bond acceptors (Lipinski definition) is 4. The molecule has 0 radical (unpaired) electrons. The van der Waals surface area contributed by atoms with Crippen molar-refractivity contribution >= 4 is 17.2 Å². The van der Waals surface area contributed by atoms with Crippen LogP contribution in [-0.2, 0) is 0 Å². The van der Waals surface area contributed by atoms with E-state index in [1.807, 2.05) is 17.2 Å². The average Bonchev–Trinajstić information content (AvgIpc) is 2.92. The lowest BCUT2D eigenvalue weighted by Gasteiger charge is -2.48. The molecule has 0 N–H and O–H groups in total. The van der Waals surface area contributed by atoms with E-state index in [9.17, 15) is 4.79 Å². The fourth-order valence-corrected chi connectivity index (χ4v) is 3.79. The molecule has 104 valence electrons. The summed E-state index contributed by atoms with van der Waals surface area (Å²) < 4.78 is 0. The highest BCUT2D eigenvalue weighted by Gasteiger charge is 2.49. The zero-order valence-electron chi connectivity index (χ0n) is 11.8. The van der Waals surface area contributed by atoms with Gasteiger partial charge < -0.3 is 9.80 Å². The first-order valence-corrected chi connectivity index (χ1v) is 7.83. The maximum Gasteiger partial charge on any atom is 0.273 e. The number of aromatic nitrogens is 1. The molecule has 2 fully saturated rings. The number of nitrogens with zero attached hydrogens (tertiary/aromatic N) is 3. The van der Waals surface area contributed by atoms with E-state index < -0.39 is 0 Å². The highest BCUT2D eigenvalue weighted by Crippen LogP contribution is 2.40. The standard InChI is InChI=1S/C14H21N3OS/c1-10(2)16-5-4-14(7-16)8-17(9-14)13(18)12-6-19-11(3)15-12/h6,10H,4-5,7-9H2,1-3H3. The summed E-state index contributed by atoms with van der Waals surface area (Å²) in [7, 11) is 0. The summed E-state index contributed by atoms with van der Waals surface area (Å²) >= 11 is 1.55. The Balaban J connectivity index is 1.60. The smallest absolute Gasteiger partial charge is 0.273 e. The largest absolute Gasteiger partial charge is 0.336 e. The fraction of sp³-hybridized carbons (Fsp3) is 0.714. The first kappa shape index (κ1) is 13.1. The van der Waals surface area contributed by atoms with Crippen molar-refractivity contribution in [3.63, 3.8) is 0 Å². The third-order valence-electron chi connectivity index (χ3n) is 4.38. The predicted octanol–water partition coefficient (Wildman–Crippen LogP) is 2.01. The summed E-state index contributed by atoms with van der Waals surface area (Å²) in [5, 5.41) is 2.84. The summed E-state index contributed by atoms with van der Waals surface area (Å²) in [5.41, 5.74) is 0.987. The van der Waals surface area contributed by atoms with Gasteiger partial charge in [-0.3, -0.25) is 4.79 Å². The molecule has 0 unspecified atom stereocenters. The molecule has 1 aromatic heterocycles. The third-order valence-corrected chi connectivity index (χ3v) is 5.15. The molecule has 5 heteroatoms. The van der Waals surface area contributed by atoms with Gasteiger partial charge in [0.1, 0.15) is 5.69 Å². The number of carbonyl (C=O) groups excluding carboxylic acids is 1. The molecule has 1 amide bonds. The van der Waals surface area contributed by atoms with E-state index in [1.165, 1.54) is 13.0 Å². The van der Waals surface area contributed by atoms with E-state index in [0.717, 1.165) is 24.6 Å². The van der Waals surface area contributed by atoms with Crippen LogP contribution in [0.15, 0.2) is 5.38 Å². The molecule has 2 aliphatic heterocycles. The summed E-state index contributed by atoms with van der Waals surface area (Å²) in [5.74, 6) is 0.109. The highest BCUT2D eigenvalue weighted by atomic mass is 32.1. The van der Waals surface area contributed by atoms with Gasteiger partial charge in [-0.25, -0.2) is 4.98 Å². The van der Waals surface area contributed by atoms with Crippen LogP contribution in [0.5, 0.6) is 0 Å². The maximum atomic E-state index is 12.3. The van der Waals surface area contributed by atoms with Crippen LogP contribution in [-0.4, -0.2) is 52.9 Å². The summed E-state index contributed by atoms with van der Waals surface area (Å²) in [6.45, 7) is 10.6. The number of likely N-dealkylation sites (tertiary alicyclic amines) is 2. The fourth-order valence-electron chi connectivity index (χ4n) is 3.20. The SMILES string of the molecule is Cc1nc(C(=O)N2CC3(CCN(C(C)C)C3)C2)cs1. The normalized spacial score (nSPS) is 22.2. The van der Waals surface area contributed by atoms with Gasteiger partial charge in [0.25, 0.3) is 5.91 Å². The molecule has 0 atom stereocenters. The monoisotopic (exact) mass is 279 g/mol. The minimum Gasteiger partial charge on any atom is -0.336 e. The topological polar surface area (TPSA) is 36.4 Å². The number of amides is 1. The molecule has 2 saturated heterocycles. The molecule has 1 aromatic rings. The Hall–Kier alpha value is -0.940. The molecule has 3 heterocycles. The lowest BCUT2D eigenvalue weighted by molar-refractivity contribution is 0.00893. The highest BCUT2D eigenvalue weighted by molar-refractivity contribution is 7.09. The van der Waals surface area contributed by atoms with Crippen LogP contribution < -0.4 is 0 Å². The van der Waals surface area contributed by atoms with Gasteiger partial charge in [0, 0.05) is 36.5 Å². The molecule has 0 saturated carbocycles. The van der Waals surface area contributed by atoms with Gasteiger partial charge in [-0.05, 0) is 33.7 Å². The number of thiazole rings is 1. The predicted molar refractivity (Wildman–Crippen MR) is 76.5 cm³/mol. The molecular weight excluding hydrogens is 258 g/mol. The molecule has 2 aliphatic rings. The molecular formula is C14H21N3OS. The second kappa shape index (κ2) is 4.56. The Bertz CT molecular complexity index is 491. The quantitative estimate of drug-likeness (QED) is 0.831. The number of carbonyl (C=O) groups is 1. The van der Waals surface area contributed by atoms with Crippen molar-refractivity contribution in [3.05, 3.63) is 16.1 Å². The molecule has 0 bridgehead atoms. The van der Waals surface area contributed by atoms with E-state index in [2.05, 4.69) is 23.7 Å². The van der Waals surface area contributed by atoms with Gasteiger partial charge in [0.05, 0.1) is 5.01 Å². The lowest BCUT2D eigenvalue weighted by atomic mass is 9.79. The van der Waals surface area contributed by atoms with Gasteiger partial charge in [0.15, 0.2) is 0 Å². The van der Waals surface area contributed by atoms with Gasteiger partial charge in [-0.1, -0.05) is 0 Å². The van der Waals surface area contributed by atoms with E-state index >= 15 is 0 Å². The van der Waals surface area contributed by atoms with E-state index in [0.29, 0.717) is 17.2 Å². The van der Waals surface area contributed by atoms with Crippen molar-refractivity contribution in [2.24, 2.45) is 5.41 Å². The van der Waals surface area contributed by atoms with Crippen molar-refractivity contribution in [1.29, 1.82) is 0 Å². The van der Waals surface area contributed by atoms with Crippen molar-refractivity contribution in [1.82, 2.24) is 14.8 Å². The second-order valence-corrected chi connectivity index (χ2v) is 7.29. The Morgan fingerprint density at radius 3 is 2.68 bits per heavy atom. The zero-order valence-corrected chi connectivity index (χ0v) is 12.7.